The molecule has 2 aromatic heterocycles. The molecule has 118 valence electrons. The highest BCUT2D eigenvalue weighted by molar-refractivity contribution is 5.75. The number of aromatic nitrogens is 4. The monoisotopic (exact) mass is 302 g/mol. The van der Waals surface area contributed by atoms with Gasteiger partial charge in [0.1, 0.15) is 6.54 Å². The average molecular weight is 302 g/mol. The Morgan fingerprint density at radius 3 is 3.18 bits per heavy atom. The Hall–Kier alpha value is -2.15. The normalized spacial score (nSPS) is 18.3. The van der Waals surface area contributed by atoms with Gasteiger partial charge in [-0.15, -0.1) is 0 Å². The lowest BCUT2D eigenvalue weighted by molar-refractivity contribution is -0.122. The fraction of sp³-hybridized carbons (Fsp3) is 0.533. The summed E-state index contributed by atoms with van der Waals surface area (Å²) in [6.45, 7) is 4.68. The summed E-state index contributed by atoms with van der Waals surface area (Å²) in [5, 5.41) is 10.8. The van der Waals surface area contributed by atoms with Crippen molar-refractivity contribution in [2.75, 3.05) is 13.1 Å². The van der Waals surface area contributed by atoms with Crippen LogP contribution in [0.25, 0.3) is 0 Å². The zero-order valence-corrected chi connectivity index (χ0v) is 12.8. The summed E-state index contributed by atoms with van der Waals surface area (Å²) in [6.07, 6.45) is 5.85. The first-order valence-electron chi connectivity index (χ1n) is 7.72. The number of hydrogen-bond donors (Lipinski definition) is 3. The fourth-order valence-corrected chi connectivity index (χ4v) is 2.74. The predicted molar refractivity (Wildman–Crippen MR) is 82.2 cm³/mol. The molecule has 2 aromatic rings. The number of aryl methyl sites for hydroxylation is 1. The van der Waals surface area contributed by atoms with E-state index in [1.807, 2.05) is 19.2 Å². The van der Waals surface area contributed by atoms with Gasteiger partial charge in [-0.1, -0.05) is 0 Å². The van der Waals surface area contributed by atoms with Crippen LogP contribution in [-0.2, 0) is 17.9 Å². The minimum absolute atomic E-state index is 0.0566. The van der Waals surface area contributed by atoms with Gasteiger partial charge in [-0.05, 0) is 32.4 Å². The standard InChI is InChI=1S/C15H22N6O/c1-11-14(19-10-18-11)8-17-15(22)9-21-6-4-13(20-21)12-3-2-5-16-7-12/h4,6,10,12,16H,2-3,5,7-9H2,1H3,(H,17,22)(H,18,19)/t12-/m0/s1. The number of hydrogen-bond acceptors (Lipinski definition) is 4. The Bertz CT molecular complexity index is 626. The molecule has 1 fully saturated rings. The number of nitrogens with zero attached hydrogens (tertiary/aromatic N) is 3. The number of nitrogens with one attached hydrogen (secondary N) is 3. The van der Waals surface area contributed by atoms with E-state index in [0.717, 1.165) is 36.6 Å². The van der Waals surface area contributed by atoms with Gasteiger partial charge < -0.3 is 15.6 Å². The lowest BCUT2D eigenvalue weighted by atomic mass is 9.97. The second-order valence-electron chi connectivity index (χ2n) is 5.73. The van der Waals surface area contributed by atoms with Crippen LogP contribution in [0.1, 0.15) is 35.8 Å². The highest BCUT2D eigenvalue weighted by Crippen LogP contribution is 2.21. The summed E-state index contributed by atoms with van der Waals surface area (Å²) in [6, 6.07) is 2.02. The molecule has 1 aliphatic heterocycles. The molecule has 1 atom stereocenters. The topological polar surface area (TPSA) is 87.6 Å². The number of carbonyl (C=O) groups is 1. The molecule has 0 saturated carbocycles. The Balaban J connectivity index is 1.51. The third kappa shape index (κ3) is 3.54. The largest absolute Gasteiger partial charge is 0.349 e. The lowest BCUT2D eigenvalue weighted by Crippen LogP contribution is -2.29. The van der Waals surface area contributed by atoms with Crippen molar-refractivity contribution in [1.29, 1.82) is 0 Å². The number of rotatable bonds is 5. The van der Waals surface area contributed by atoms with Crippen LogP contribution >= 0.6 is 0 Å². The summed E-state index contributed by atoms with van der Waals surface area (Å²) in [5.74, 6) is 0.406. The average Bonchev–Trinajstić information content (AvgIpc) is 3.15. The van der Waals surface area contributed by atoms with Crippen molar-refractivity contribution in [3.8, 4) is 0 Å². The van der Waals surface area contributed by atoms with Crippen LogP contribution in [0.2, 0.25) is 0 Å². The number of amides is 1. The number of piperidine rings is 1. The minimum atomic E-state index is -0.0566. The van der Waals surface area contributed by atoms with Crippen molar-refractivity contribution in [3.05, 3.63) is 35.7 Å². The SMILES string of the molecule is Cc1[nH]cnc1CNC(=O)Cn1ccc([C@H]2CCCNC2)n1. The number of aromatic amines is 1. The molecule has 7 nitrogen and oxygen atoms in total. The van der Waals surface area contributed by atoms with Gasteiger partial charge in [-0.25, -0.2) is 4.98 Å². The molecule has 3 N–H and O–H groups in total. The fourth-order valence-electron chi connectivity index (χ4n) is 2.74. The second-order valence-corrected chi connectivity index (χ2v) is 5.73. The summed E-state index contributed by atoms with van der Waals surface area (Å²) in [5.41, 5.74) is 2.91. The van der Waals surface area contributed by atoms with Crippen LogP contribution in [0, 0.1) is 6.92 Å². The summed E-state index contributed by atoms with van der Waals surface area (Å²) >= 11 is 0. The zero-order chi connectivity index (χ0) is 15.4. The highest BCUT2D eigenvalue weighted by Gasteiger charge is 2.17. The zero-order valence-electron chi connectivity index (χ0n) is 12.8. The van der Waals surface area contributed by atoms with Crippen LogP contribution in [0.4, 0.5) is 0 Å². The first-order chi connectivity index (χ1) is 10.7. The molecule has 7 heteroatoms. The van der Waals surface area contributed by atoms with Gasteiger partial charge in [0.2, 0.25) is 5.91 Å². The molecule has 0 unspecified atom stereocenters. The molecule has 1 amide bonds. The van der Waals surface area contributed by atoms with Gasteiger partial charge in [0.05, 0.1) is 24.3 Å². The van der Waals surface area contributed by atoms with E-state index in [9.17, 15) is 4.79 Å². The van der Waals surface area contributed by atoms with Gasteiger partial charge in [0.15, 0.2) is 0 Å². The van der Waals surface area contributed by atoms with Crippen molar-refractivity contribution in [3.63, 3.8) is 0 Å². The molecule has 1 saturated heterocycles. The van der Waals surface area contributed by atoms with Gasteiger partial charge >= 0.3 is 0 Å². The molecular formula is C15H22N6O. The van der Waals surface area contributed by atoms with Crippen molar-refractivity contribution in [2.24, 2.45) is 0 Å². The van der Waals surface area contributed by atoms with Gasteiger partial charge in [-0.2, -0.15) is 5.10 Å². The maximum absolute atomic E-state index is 12.0. The second kappa shape index (κ2) is 6.74. The van der Waals surface area contributed by atoms with E-state index in [0.29, 0.717) is 12.5 Å². The smallest absolute Gasteiger partial charge is 0.242 e. The summed E-state index contributed by atoms with van der Waals surface area (Å²) in [7, 11) is 0. The molecule has 0 radical (unpaired) electrons. The Labute approximate surface area is 129 Å². The number of carbonyl (C=O) groups excluding carboxylic acids is 1. The van der Waals surface area contributed by atoms with E-state index in [2.05, 4.69) is 25.7 Å². The van der Waals surface area contributed by atoms with E-state index >= 15 is 0 Å². The van der Waals surface area contributed by atoms with Crippen LogP contribution in [0.5, 0.6) is 0 Å². The first-order valence-corrected chi connectivity index (χ1v) is 7.72. The van der Waals surface area contributed by atoms with Crippen molar-refractivity contribution in [2.45, 2.75) is 38.8 Å². The van der Waals surface area contributed by atoms with Crippen LogP contribution < -0.4 is 10.6 Å². The van der Waals surface area contributed by atoms with E-state index < -0.39 is 0 Å². The molecule has 0 aromatic carbocycles. The molecule has 3 rings (SSSR count). The van der Waals surface area contributed by atoms with Gasteiger partial charge in [0, 0.05) is 24.4 Å². The van der Waals surface area contributed by atoms with E-state index in [-0.39, 0.29) is 12.5 Å². The highest BCUT2D eigenvalue weighted by atomic mass is 16.2. The van der Waals surface area contributed by atoms with E-state index in [4.69, 9.17) is 0 Å². The van der Waals surface area contributed by atoms with Gasteiger partial charge in [-0.3, -0.25) is 9.48 Å². The molecule has 0 spiro atoms. The quantitative estimate of drug-likeness (QED) is 0.758. The van der Waals surface area contributed by atoms with Crippen molar-refractivity contribution < 1.29 is 4.79 Å². The molecular weight excluding hydrogens is 280 g/mol. The van der Waals surface area contributed by atoms with Crippen LogP contribution in [0.15, 0.2) is 18.6 Å². The molecule has 0 bridgehead atoms. The van der Waals surface area contributed by atoms with Crippen LogP contribution in [0.3, 0.4) is 0 Å². The first kappa shape index (κ1) is 14.8. The predicted octanol–water partition coefficient (Wildman–Crippen LogP) is 0.698. The Morgan fingerprint density at radius 2 is 2.45 bits per heavy atom. The number of imidazole rings is 1. The lowest BCUT2D eigenvalue weighted by Gasteiger charge is -2.20. The maximum atomic E-state index is 12.0. The molecule has 3 heterocycles. The maximum Gasteiger partial charge on any atom is 0.242 e. The van der Waals surface area contributed by atoms with E-state index in [1.165, 1.54) is 6.42 Å². The Kier molecular flexibility index (Phi) is 4.53. The molecule has 0 aliphatic carbocycles. The van der Waals surface area contributed by atoms with Crippen molar-refractivity contribution in [1.82, 2.24) is 30.4 Å². The third-order valence-electron chi connectivity index (χ3n) is 4.07. The third-order valence-corrected chi connectivity index (χ3v) is 4.07. The molecule has 1 aliphatic rings. The molecule has 22 heavy (non-hydrogen) atoms. The summed E-state index contributed by atoms with van der Waals surface area (Å²) in [4.78, 5) is 19.1. The van der Waals surface area contributed by atoms with Crippen molar-refractivity contribution >= 4 is 5.91 Å². The van der Waals surface area contributed by atoms with E-state index in [1.54, 1.807) is 11.0 Å². The van der Waals surface area contributed by atoms with Crippen LogP contribution in [-0.4, -0.2) is 38.7 Å². The Morgan fingerprint density at radius 1 is 1.55 bits per heavy atom. The number of H-pyrrole nitrogens is 1. The summed E-state index contributed by atoms with van der Waals surface area (Å²) < 4.78 is 1.71. The van der Waals surface area contributed by atoms with Gasteiger partial charge in [0.25, 0.3) is 0 Å². The minimum Gasteiger partial charge on any atom is -0.349 e.